The largest absolute Gasteiger partial charge is 0.368 e. The molecule has 0 unspecified atom stereocenters. The summed E-state index contributed by atoms with van der Waals surface area (Å²) < 4.78 is 15.8. The number of rotatable bonds is 3. The first-order valence-corrected chi connectivity index (χ1v) is 7.06. The van der Waals surface area contributed by atoms with Gasteiger partial charge in [-0.2, -0.15) is 5.10 Å². The molecule has 21 heavy (non-hydrogen) atoms. The highest BCUT2D eigenvalue weighted by Gasteiger charge is 2.25. The van der Waals surface area contributed by atoms with Crippen LogP contribution in [0.4, 0.5) is 10.2 Å². The molecule has 2 rings (SSSR count). The molecule has 0 aromatic carbocycles. The van der Waals surface area contributed by atoms with Crippen molar-refractivity contribution in [1.29, 1.82) is 0 Å². The van der Waals surface area contributed by atoms with E-state index >= 15 is 0 Å². The lowest BCUT2D eigenvalue weighted by molar-refractivity contribution is 0.553. The predicted octanol–water partition coefficient (Wildman–Crippen LogP) is 3.05. The zero-order valence-electron chi connectivity index (χ0n) is 13.5. The lowest BCUT2D eigenvalue weighted by atomic mass is 9.89. The van der Waals surface area contributed by atoms with Crippen LogP contribution in [0.1, 0.15) is 39.1 Å². The summed E-state index contributed by atoms with van der Waals surface area (Å²) in [5.41, 5.74) is 1.94. The molecular weight excluding hydrogens is 269 g/mol. The summed E-state index contributed by atoms with van der Waals surface area (Å²) in [5, 5.41) is 7.45. The van der Waals surface area contributed by atoms with Crippen LogP contribution in [-0.2, 0) is 12.5 Å². The SMILES string of the molecule is CCNc1nc(-c2cn(C)nc2C(C)(C)C)nc(C)c1F. The van der Waals surface area contributed by atoms with Crippen molar-refractivity contribution in [2.45, 2.75) is 40.0 Å². The van der Waals surface area contributed by atoms with Crippen molar-refractivity contribution >= 4 is 5.82 Å². The van der Waals surface area contributed by atoms with Crippen LogP contribution in [0.15, 0.2) is 6.20 Å². The van der Waals surface area contributed by atoms with Gasteiger partial charge in [0.15, 0.2) is 17.5 Å². The number of halogens is 1. The standard InChI is InChI=1S/C15H22FN5/c1-7-17-14-11(16)9(2)18-13(19-14)10-8-21(6)20-12(10)15(3,4)5/h8H,7H2,1-6H3,(H,17,18,19). The van der Waals surface area contributed by atoms with E-state index in [2.05, 4.69) is 41.2 Å². The second-order valence-electron chi connectivity index (χ2n) is 6.14. The smallest absolute Gasteiger partial charge is 0.186 e. The van der Waals surface area contributed by atoms with Gasteiger partial charge < -0.3 is 5.32 Å². The quantitative estimate of drug-likeness (QED) is 0.944. The average molecular weight is 291 g/mol. The fourth-order valence-corrected chi connectivity index (χ4v) is 2.17. The molecule has 0 saturated carbocycles. The second-order valence-corrected chi connectivity index (χ2v) is 6.14. The van der Waals surface area contributed by atoms with Crippen LogP contribution in [-0.4, -0.2) is 26.3 Å². The molecule has 1 N–H and O–H groups in total. The Balaban J connectivity index is 2.62. The molecule has 0 atom stereocenters. The lowest BCUT2D eigenvalue weighted by Gasteiger charge is -2.17. The van der Waals surface area contributed by atoms with E-state index in [0.717, 1.165) is 11.3 Å². The summed E-state index contributed by atoms with van der Waals surface area (Å²) in [4.78, 5) is 8.62. The number of aryl methyl sites for hydroxylation is 2. The average Bonchev–Trinajstić information content (AvgIpc) is 2.77. The van der Waals surface area contributed by atoms with Crippen molar-refractivity contribution in [3.63, 3.8) is 0 Å². The molecule has 0 fully saturated rings. The molecule has 0 bridgehead atoms. The van der Waals surface area contributed by atoms with E-state index in [1.54, 1.807) is 11.6 Å². The predicted molar refractivity (Wildman–Crippen MR) is 81.8 cm³/mol. The van der Waals surface area contributed by atoms with Crippen LogP contribution >= 0.6 is 0 Å². The Bertz CT molecular complexity index is 655. The zero-order valence-corrected chi connectivity index (χ0v) is 13.5. The first kappa shape index (κ1) is 15.4. The summed E-state index contributed by atoms with van der Waals surface area (Å²) in [6, 6.07) is 0. The van der Waals surface area contributed by atoms with Crippen molar-refractivity contribution < 1.29 is 4.39 Å². The highest BCUT2D eigenvalue weighted by Crippen LogP contribution is 2.31. The lowest BCUT2D eigenvalue weighted by Crippen LogP contribution is -2.15. The maximum absolute atomic E-state index is 14.0. The molecule has 0 amide bonds. The third-order valence-corrected chi connectivity index (χ3v) is 3.14. The van der Waals surface area contributed by atoms with Gasteiger partial charge in [-0.1, -0.05) is 20.8 Å². The fraction of sp³-hybridized carbons (Fsp3) is 0.533. The summed E-state index contributed by atoms with van der Waals surface area (Å²) in [6.07, 6.45) is 1.88. The van der Waals surface area contributed by atoms with Crippen LogP contribution in [0.5, 0.6) is 0 Å². The molecule has 6 heteroatoms. The van der Waals surface area contributed by atoms with Crippen molar-refractivity contribution in [1.82, 2.24) is 19.7 Å². The van der Waals surface area contributed by atoms with E-state index < -0.39 is 5.82 Å². The van der Waals surface area contributed by atoms with Gasteiger partial charge in [-0.3, -0.25) is 4.68 Å². The molecule has 0 aliphatic rings. The summed E-state index contributed by atoms with van der Waals surface area (Å²) >= 11 is 0. The molecule has 5 nitrogen and oxygen atoms in total. The van der Waals surface area contributed by atoms with E-state index in [9.17, 15) is 4.39 Å². The van der Waals surface area contributed by atoms with Crippen LogP contribution < -0.4 is 5.32 Å². The minimum absolute atomic E-state index is 0.138. The number of nitrogens with zero attached hydrogens (tertiary/aromatic N) is 4. The third kappa shape index (κ3) is 3.04. The van der Waals surface area contributed by atoms with E-state index in [1.165, 1.54) is 0 Å². The molecule has 0 saturated heterocycles. The van der Waals surface area contributed by atoms with Gasteiger partial charge in [-0.05, 0) is 13.8 Å². The Kier molecular flexibility index (Phi) is 3.98. The summed E-state index contributed by atoms with van der Waals surface area (Å²) in [6.45, 7) is 10.4. The van der Waals surface area contributed by atoms with Crippen molar-refractivity contribution in [2.24, 2.45) is 7.05 Å². The summed E-state index contributed by atoms with van der Waals surface area (Å²) in [5.74, 6) is 0.341. The molecule has 0 aliphatic heterocycles. The maximum atomic E-state index is 14.0. The van der Waals surface area contributed by atoms with Crippen LogP contribution in [0, 0.1) is 12.7 Å². The molecule has 2 aromatic heterocycles. The van der Waals surface area contributed by atoms with E-state index in [4.69, 9.17) is 0 Å². The van der Waals surface area contributed by atoms with Crippen LogP contribution in [0.3, 0.4) is 0 Å². The molecule has 0 radical (unpaired) electrons. The third-order valence-electron chi connectivity index (χ3n) is 3.14. The van der Waals surface area contributed by atoms with Gasteiger partial charge >= 0.3 is 0 Å². The van der Waals surface area contributed by atoms with E-state index in [0.29, 0.717) is 18.1 Å². The molecule has 114 valence electrons. The second kappa shape index (κ2) is 5.42. The van der Waals surface area contributed by atoms with Crippen LogP contribution in [0.2, 0.25) is 0 Å². The van der Waals surface area contributed by atoms with Gasteiger partial charge in [0.2, 0.25) is 0 Å². The molecule has 2 heterocycles. The van der Waals surface area contributed by atoms with Gasteiger partial charge in [0.25, 0.3) is 0 Å². The number of aromatic nitrogens is 4. The van der Waals surface area contributed by atoms with Gasteiger partial charge in [0.05, 0.1) is 17.0 Å². The number of anilines is 1. The number of hydrogen-bond acceptors (Lipinski definition) is 4. The normalized spacial score (nSPS) is 11.8. The highest BCUT2D eigenvalue weighted by atomic mass is 19.1. The van der Waals surface area contributed by atoms with Gasteiger partial charge in [0, 0.05) is 25.2 Å². The van der Waals surface area contributed by atoms with Crippen molar-refractivity contribution in [3.8, 4) is 11.4 Å². The topological polar surface area (TPSA) is 55.6 Å². The minimum atomic E-state index is -0.401. The van der Waals surface area contributed by atoms with E-state index in [1.807, 2.05) is 20.2 Å². The van der Waals surface area contributed by atoms with E-state index in [-0.39, 0.29) is 11.2 Å². The Hall–Kier alpha value is -1.98. The Morgan fingerprint density at radius 3 is 2.52 bits per heavy atom. The Labute approximate surface area is 124 Å². The minimum Gasteiger partial charge on any atom is -0.368 e. The van der Waals surface area contributed by atoms with Gasteiger partial charge in [0.1, 0.15) is 0 Å². The zero-order chi connectivity index (χ0) is 15.8. The monoisotopic (exact) mass is 291 g/mol. The Morgan fingerprint density at radius 1 is 1.29 bits per heavy atom. The molecule has 0 aliphatic carbocycles. The molecular formula is C15H22FN5. The Morgan fingerprint density at radius 2 is 1.95 bits per heavy atom. The first-order valence-electron chi connectivity index (χ1n) is 7.06. The highest BCUT2D eigenvalue weighted by molar-refractivity contribution is 5.61. The van der Waals surface area contributed by atoms with Gasteiger partial charge in [-0.25, -0.2) is 14.4 Å². The van der Waals surface area contributed by atoms with Gasteiger partial charge in [-0.15, -0.1) is 0 Å². The van der Waals surface area contributed by atoms with Crippen molar-refractivity contribution in [3.05, 3.63) is 23.4 Å². The number of hydrogen-bond donors (Lipinski definition) is 1. The fourth-order valence-electron chi connectivity index (χ4n) is 2.17. The molecule has 0 spiro atoms. The number of nitrogens with one attached hydrogen (secondary N) is 1. The maximum Gasteiger partial charge on any atom is 0.186 e. The van der Waals surface area contributed by atoms with Crippen molar-refractivity contribution in [2.75, 3.05) is 11.9 Å². The molecule has 2 aromatic rings. The summed E-state index contributed by atoms with van der Waals surface area (Å²) in [7, 11) is 1.86. The van der Waals surface area contributed by atoms with Crippen LogP contribution in [0.25, 0.3) is 11.4 Å². The first-order chi connectivity index (χ1) is 9.74.